The second-order valence-corrected chi connectivity index (χ2v) is 7.26. The zero-order valence-corrected chi connectivity index (χ0v) is 16.1. The van der Waals surface area contributed by atoms with Gasteiger partial charge in [0.05, 0.1) is 23.8 Å². The summed E-state index contributed by atoms with van der Waals surface area (Å²) in [6.07, 6.45) is 8.02. The lowest BCUT2D eigenvalue weighted by Gasteiger charge is -2.15. The lowest BCUT2D eigenvalue weighted by Crippen LogP contribution is -2.22. The maximum Gasteiger partial charge on any atom is 0.273 e. The molecule has 0 unspecified atom stereocenters. The van der Waals surface area contributed by atoms with Crippen LogP contribution in [0.4, 0.5) is 11.8 Å². The molecule has 0 bridgehead atoms. The van der Waals surface area contributed by atoms with Crippen molar-refractivity contribution in [1.82, 2.24) is 24.7 Å². The number of pyridine rings is 2. The van der Waals surface area contributed by atoms with E-state index >= 15 is 0 Å². The number of rotatable bonds is 5. The zero-order valence-electron chi connectivity index (χ0n) is 15.3. The number of halogens is 1. The number of anilines is 2. The predicted octanol–water partition coefficient (Wildman–Crippen LogP) is 2.82. The van der Waals surface area contributed by atoms with Crippen molar-refractivity contribution in [2.75, 3.05) is 10.6 Å². The fraction of sp³-hybridized carbons (Fsp3) is 0.316. The molecule has 0 aromatic carbocycles. The van der Waals surface area contributed by atoms with E-state index in [1.54, 1.807) is 30.7 Å². The van der Waals surface area contributed by atoms with Crippen LogP contribution >= 0.6 is 11.6 Å². The monoisotopic (exact) mass is 397 g/mol. The number of nitrogens with zero attached hydrogens (tertiary/aromatic N) is 5. The molecule has 1 aliphatic carbocycles. The number of hydrogen-bond donors (Lipinski definition) is 2. The van der Waals surface area contributed by atoms with Crippen molar-refractivity contribution in [3.63, 3.8) is 0 Å². The second kappa shape index (κ2) is 7.93. The lowest BCUT2D eigenvalue weighted by molar-refractivity contribution is 0.712. The lowest BCUT2D eigenvalue weighted by atomic mass is 10.2. The molecule has 0 spiro atoms. The smallest absolute Gasteiger partial charge is 0.273 e. The summed E-state index contributed by atoms with van der Waals surface area (Å²) < 4.78 is 1.48. The van der Waals surface area contributed by atoms with Crippen LogP contribution in [-0.2, 0) is 0 Å². The molecule has 0 aliphatic heterocycles. The second-order valence-electron chi connectivity index (χ2n) is 6.85. The molecular formula is C19H20ClN7O. The molecule has 0 radical (unpaired) electrons. The molecule has 1 fully saturated rings. The van der Waals surface area contributed by atoms with E-state index in [1.165, 1.54) is 4.57 Å². The molecule has 4 rings (SSSR count). The Morgan fingerprint density at radius 1 is 1.07 bits per heavy atom. The van der Waals surface area contributed by atoms with Gasteiger partial charge in [0.25, 0.3) is 5.56 Å². The highest BCUT2D eigenvalue weighted by Gasteiger charge is 2.25. The Morgan fingerprint density at radius 3 is 2.61 bits per heavy atom. The van der Waals surface area contributed by atoms with Gasteiger partial charge >= 0.3 is 0 Å². The first-order chi connectivity index (χ1) is 13.6. The molecule has 1 aliphatic rings. The van der Waals surface area contributed by atoms with Crippen molar-refractivity contribution in [1.29, 1.82) is 0 Å². The number of hydrogen-bond acceptors (Lipinski definition) is 7. The predicted molar refractivity (Wildman–Crippen MR) is 108 cm³/mol. The zero-order chi connectivity index (χ0) is 19.5. The summed E-state index contributed by atoms with van der Waals surface area (Å²) in [7, 11) is 0. The van der Waals surface area contributed by atoms with Crippen molar-refractivity contribution >= 4 is 23.4 Å². The van der Waals surface area contributed by atoms with Crippen LogP contribution in [0.25, 0.3) is 5.69 Å². The molecule has 0 saturated heterocycles. The molecule has 3 heterocycles. The van der Waals surface area contributed by atoms with Gasteiger partial charge in [-0.15, -0.1) is 5.10 Å². The van der Waals surface area contributed by atoms with Crippen LogP contribution in [0.5, 0.6) is 0 Å². The topological polar surface area (TPSA) is 97.6 Å². The Bertz CT molecular complexity index is 1000. The third-order valence-electron chi connectivity index (χ3n) is 4.72. The van der Waals surface area contributed by atoms with Crippen LogP contribution in [0, 0.1) is 6.92 Å². The van der Waals surface area contributed by atoms with Gasteiger partial charge in [-0.1, -0.05) is 11.6 Å². The number of nitrogens with one attached hydrogen (secondary N) is 2. The highest BCUT2D eigenvalue weighted by atomic mass is 35.5. The quantitative estimate of drug-likeness (QED) is 0.683. The first-order valence-electron chi connectivity index (χ1n) is 9.11. The van der Waals surface area contributed by atoms with E-state index in [2.05, 4.69) is 30.8 Å². The molecule has 0 amide bonds. The van der Waals surface area contributed by atoms with Gasteiger partial charge in [0, 0.05) is 18.3 Å². The van der Waals surface area contributed by atoms with Crippen LogP contribution in [0.3, 0.4) is 0 Å². The molecule has 2 atom stereocenters. The van der Waals surface area contributed by atoms with E-state index in [4.69, 9.17) is 11.6 Å². The van der Waals surface area contributed by atoms with Crippen LogP contribution in [0.2, 0.25) is 5.02 Å². The summed E-state index contributed by atoms with van der Waals surface area (Å²) in [6, 6.07) is 7.63. The summed E-state index contributed by atoms with van der Waals surface area (Å²) in [4.78, 5) is 20.8. The summed E-state index contributed by atoms with van der Waals surface area (Å²) >= 11 is 5.90. The van der Waals surface area contributed by atoms with Gasteiger partial charge in [-0.2, -0.15) is 5.10 Å². The number of aryl methyl sites for hydroxylation is 1. The molecule has 2 N–H and O–H groups in total. The Labute approximate surface area is 167 Å². The molecule has 3 aromatic heterocycles. The number of aromatic nitrogens is 5. The van der Waals surface area contributed by atoms with Crippen LogP contribution in [-0.4, -0.2) is 36.8 Å². The summed E-state index contributed by atoms with van der Waals surface area (Å²) in [6.45, 7) is 1.86. The average Bonchev–Trinajstić information content (AvgIpc) is 3.13. The van der Waals surface area contributed by atoms with Gasteiger partial charge in [-0.05, 0) is 50.5 Å². The van der Waals surface area contributed by atoms with Gasteiger partial charge in [0.1, 0.15) is 10.8 Å². The van der Waals surface area contributed by atoms with Crippen LogP contribution in [0.1, 0.15) is 25.0 Å². The summed E-state index contributed by atoms with van der Waals surface area (Å²) in [5, 5.41) is 15.0. The normalized spacial score (nSPS) is 18.8. The van der Waals surface area contributed by atoms with Gasteiger partial charge in [-0.25, -0.2) is 9.97 Å². The molecule has 1 saturated carbocycles. The first-order valence-corrected chi connectivity index (χ1v) is 9.49. The largest absolute Gasteiger partial charge is 0.367 e. The van der Waals surface area contributed by atoms with Crippen molar-refractivity contribution in [2.24, 2.45) is 0 Å². The maximum absolute atomic E-state index is 12.1. The Hall–Kier alpha value is -3.00. The van der Waals surface area contributed by atoms with Crippen LogP contribution in [0.15, 0.2) is 47.7 Å². The van der Waals surface area contributed by atoms with Crippen LogP contribution < -0.4 is 16.2 Å². The molecule has 3 aromatic rings. The van der Waals surface area contributed by atoms with Crippen molar-refractivity contribution in [3.8, 4) is 5.69 Å². The van der Waals surface area contributed by atoms with Crippen molar-refractivity contribution in [2.45, 2.75) is 38.3 Å². The average molecular weight is 398 g/mol. The van der Waals surface area contributed by atoms with E-state index in [9.17, 15) is 4.79 Å². The fourth-order valence-electron chi connectivity index (χ4n) is 3.32. The highest BCUT2D eigenvalue weighted by Crippen LogP contribution is 2.24. The Morgan fingerprint density at radius 2 is 1.89 bits per heavy atom. The fourth-order valence-corrected chi connectivity index (χ4v) is 3.48. The maximum atomic E-state index is 12.1. The molecule has 144 valence electrons. The third kappa shape index (κ3) is 4.12. The van der Waals surface area contributed by atoms with E-state index in [1.807, 2.05) is 19.1 Å². The molecule has 8 nitrogen and oxygen atoms in total. The molecular weight excluding hydrogens is 378 g/mol. The highest BCUT2D eigenvalue weighted by molar-refractivity contribution is 6.30. The summed E-state index contributed by atoms with van der Waals surface area (Å²) in [5.74, 6) is 1.34. The first kappa shape index (κ1) is 18.4. The van der Waals surface area contributed by atoms with E-state index < -0.39 is 0 Å². The van der Waals surface area contributed by atoms with Crippen molar-refractivity contribution < 1.29 is 0 Å². The van der Waals surface area contributed by atoms with E-state index in [0.29, 0.717) is 23.7 Å². The summed E-state index contributed by atoms with van der Waals surface area (Å²) in [5.41, 5.74) is 1.21. The SMILES string of the molecule is Cc1cnc(N[C@H]2CC[C@H](Nc3ccc(-n4cccc(Cl)c4=O)cn3)C2)nn1. The van der Waals surface area contributed by atoms with E-state index in [-0.39, 0.29) is 10.6 Å². The van der Waals surface area contributed by atoms with Gasteiger partial charge in [0.15, 0.2) is 0 Å². The molecule has 28 heavy (non-hydrogen) atoms. The van der Waals surface area contributed by atoms with Crippen molar-refractivity contribution in [3.05, 3.63) is 63.9 Å². The minimum absolute atomic E-state index is 0.182. The van der Waals surface area contributed by atoms with Gasteiger partial charge in [-0.3, -0.25) is 9.36 Å². The molecule has 9 heteroatoms. The minimum Gasteiger partial charge on any atom is -0.367 e. The Balaban J connectivity index is 1.37. The van der Waals surface area contributed by atoms with E-state index in [0.717, 1.165) is 30.8 Å². The van der Waals surface area contributed by atoms with Gasteiger partial charge < -0.3 is 10.6 Å². The third-order valence-corrected chi connectivity index (χ3v) is 5.01. The standard InChI is InChI=1S/C19H20ClN7O/c1-12-10-22-19(26-25-12)24-14-5-4-13(9-14)23-17-7-6-15(11-21-17)27-8-2-3-16(20)18(27)28/h2-3,6-8,10-11,13-14H,4-5,9H2,1H3,(H,21,23)(H,22,24,26)/t13-,14-/m0/s1. The van der Waals surface area contributed by atoms with Gasteiger partial charge in [0.2, 0.25) is 5.95 Å². The Kier molecular flexibility index (Phi) is 5.21. The minimum atomic E-state index is -0.260.